The number of thiol groups is 1. The highest BCUT2D eigenvalue weighted by molar-refractivity contribution is 7.81. The molecule has 2 aliphatic rings. The Kier molecular flexibility index (Phi) is 5.30. The molecular formula is C21H22FNOS2. The maximum atomic E-state index is 14.5. The molecule has 1 aliphatic heterocycles. The normalized spacial score (nSPS) is 23.9. The van der Waals surface area contributed by atoms with E-state index < -0.39 is 6.04 Å². The fourth-order valence-electron chi connectivity index (χ4n) is 3.63. The predicted octanol–water partition coefficient (Wildman–Crippen LogP) is 5.00. The Hall–Kier alpha value is -1.43. The van der Waals surface area contributed by atoms with Crippen LogP contribution in [0, 0.1) is 11.7 Å². The molecule has 2 atom stereocenters. The number of hydrogen-bond acceptors (Lipinski definition) is 4. The average molecular weight is 388 g/mol. The molecule has 2 nitrogen and oxygen atoms in total. The summed E-state index contributed by atoms with van der Waals surface area (Å²) >= 11 is 6.43. The Bertz CT molecular complexity index is 813. The molecule has 2 heterocycles. The lowest BCUT2D eigenvalue weighted by atomic mass is 9.93. The minimum Gasteiger partial charge on any atom is -0.297 e. The number of carbonyl (C=O) groups is 1. The summed E-state index contributed by atoms with van der Waals surface area (Å²) in [6, 6.07) is 10.3. The Morgan fingerprint density at radius 1 is 1.23 bits per heavy atom. The molecular weight excluding hydrogens is 365 g/mol. The molecule has 5 heteroatoms. The zero-order chi connectivity index (χ0) is 18.1. The van der Waals surface area contributed by atoms with Crippen LogP contribution in [0.2, 0.25) is 0 Å². The van der Waals surface area contributed by atoms with Gasteiger partial charge in [0.1, 0.15) is 5.82 Å². The molecule has 1 aromatic heterocycles. The van der Waals surface area contributed by atoms with Gasteiger partial charge in [0, 0.05) is 34.7 Å². The van der Waals surface area contributed by atoms with E-state index in [0.717, 1.165) is 25.8 Å². The van der Waals surface area contributed by atoms with Gasteiger partial charge in [0.15, 0.2) is 5.78 Å². The van der Waals surface area contributed by atoms with Gasteiger partial charge in [0.25, 0.3) is 0 Å². The van der Waals surface area contributed by atoms with Crippen molar-refractivity contribution in [3.63, 3.8) is 0 Å². The lowest BCUT2D eigenvalue weighted by Gasteiger charge is -2.37. The molecule has 1 aliphatic carbocycles. The number of carbonyl (C=O) groups excluding carboxylic acids is 1. The smallest absolute Gasteiger partial charge is 0.157 e. The SMILES string of the molecule is O=C(C1CC1)C(c1ccccc1F)N1CCC(S)C(=Cc2cccs2)C1. The quantitative estimate of drug-likeness (QED) is 0.729. The summed E-state index contributed by atoms with van der Waals surface area (Å²) < 4.78 is 14.5. The molecule has 0 radical (unpaired) electrons. The molecule has 0 spiro atoms. The van der Waals surface area contributed by atoms with E-state index >= 15 is 0 Å². The van der Waals surface area contributed by atoms with Crippen LogP contribution in [-0.2, 0) is 4.79 Å². The number of piperidine rings is 1. The summed E-state index contributed by atoms with van der Waals surface area (Å²) in [5.41, 5.74) is 1.71. The summed E-state index contributed by atoms with van der Waals surface area (Å²) in [4.78, 5) is 16.4. The third-order valence-corrected chi connectivity index (χ3v) is 6.60. The van der Waals surface area contributed by atoms with E-state index in [1.165, 1.54) is 16.5 Å². The largest absolute Gasteiger partial charge is 0.297 e. The standard InChI is InChI=1S/C21H22FNOS2/c22-18-6-2-1-5-17(18)20(21(24)14-7-8-14)23-10-9-19(25)15(13-23)12-16-4-3-11-26-16/h1-6,11-12,14,19-20,25H,7-10,13H2. The minimum absolute atomic E-state index is 0.0954. The molecule has 1 saturated heterocycles. The number of thiophene rings is 1. The van der Waals surface area contributed by atoms with E-state index in [9.17, 15) is 9.18 Å². The van der Waals surface area contributed by atoms with Crippen LogP contribution >= 0.6 is 24.0 Å². The fraction of sp³-hybridized carbons (Fsp3) is 0.381. The second-order valence-corrected chi connectivity index (χ2v) is 8.71. The van der Waals surface area contributed by atoms with Gasteiger partial charge in [-0.2, -0.15) is 12.6 Å². The number of halogens is 1. The van der Waals surface area contributed by atoms with Gasteiger partial charge in [-0.15, -0.1) is 11.3 Å². The van der Waals surface area contributed by atoms with Crippen molar-refractivity contribution < 1.29 is 9.18 Å². The van der Waals surface area contributed by atoms with Gasteiger partial charge in [0.2, 0.25) is 0 Å². The highest BCUT2D eigenvalue weighted by atomic mass is 32.1. The number of nitrogens with zero attached hydrogens (tertiary/aromatic N) is 1. The van der Waals surface area contributed by atoms with Crippen LogP contribution in [0.15, 0.2) is 47.4 Å². The average Bonchev–Trinajstić information content (AvgIpc) is 3.37. The molecule has 1 aromatic carbocycles. The first-order valence-corrected chi connectivity index (χ1v) is 10.5. The fourth-order valence-corrected chi connectivity index (χ4v) is 4.59. The van der Waals surface area contributed by atoms with E-state index in [4.69, 9.17) is 12.6 Å². The van der Waals surface area contributed by atoms with Crippen molar-refractivity contribution in [2.24, 2.45) is 5.92 Å². The third kappa shape index (κ3) is 3.80. The van der Waals surface area contributed by atoms with Gasteiger partial charge >= 0.3 is 0 Å². The van der Waals surface area contributed by atoms with Gasteiger partial charge in [-0.1, -0.05) is 24.3 Å². The van der Waals surface area contributed by atoms with E-state index in [1.54, 1.807) is 23.5 Å². The number of Topliss-reactive ketones (excluding diaryl/α,β-unsaturated/α-hetero) is 1. The number of likely N-dealkylation sites (tertiary alicyclic amines) is 1. The van der Waals surface area contributed by atoms with E-state index in [1.807, 2.05) is 12.1 Å². The lowest BCUT2D eigenvalue weighted by molar-refractivity contribution is -0.126. The Balaban J connectivity index is 1.65. The van der Waals surface area contributed by atoms with Crippen LogP contribution in [0.1, 0.15) is 35.7 Å². The number of rotatable bonds is 5. The van der Waals surface area contributed by atoms with Gasteiger partial charge in [-0.3, -0.25) is 9.69 Å². The molecule has 0 N–H and O–H groups in total. The van der Waals surface area contributed by atoms with Gasteiger partial charge in [-0.05, 0) is 48.4 Å². The molecule has 2 unspecified atom stereocenters. The minimum atomic E-state index is -0.490. The summed E-state index contributed by atoms with van der Waals surface area (Å²) in [6.07, 6.45) is 4.91. The highest BCUT2D eigenvalue weighted by Gasteiger charge is 2.40. The number of hydrogen-bond donors (Lipinski definition) is 1. The highest BCUT2D eigenvalue weighted by Crippen LogP contribution is 2.39. The molecule has 2 fully saturated rings. The van der Waals surface area contributed by atoms with Crippen molar-refractivity contribution in [2.45, 2.75) is 30.6 Å². The third-order valence-electron chi connectivity index (χ3n) is 5.19. The van der Waals surface area contributed by atoms with Crippen molar-refractivity contribution in [1.29, 1.82) is 0 Å². The predicted molar refractivity (Wildman–Crippen MR) is 108 cm³/mol. The monoisotopic (exact) mass is 387 g/mol. The van der Waals surface area contributed by atoms with E-state index in [-0.39, 0.29) is 22.8 Å². The Labute approximate surface area is 163 Å². The van der Waals surface area contributed by atoms with Crippen LogP contribution in [0.3, 0.4) is 0 Å². The van der Waals surface area contributed by atoms with Crippen molar-refractivity contribution >= 4 is 35.8 Å². The van der Waals surface area contributed by atoms with Crippen molar-refractivity contribution in [3.05, 3.63) is 63.6 Å². The van der Waals surface area contributed by atoms with E-state index in [2.05, 4.69) is 22.4 Å². The maximum absolute atomic E-state index is 14.5. The summed E-state index contributed by atoms with van der Waals surface area (Å²) in [7, 11) is 0. The van der Waals surface area contributed by atoms with Crippen LogP contribution in [0.25, 0.3) is 6.08 Å². The van der Waals surface area contributed by atoms with Crippen molar-refractivity contribution in [1.82, 2.24) is 4.90 Å². The van der Waals surface area contributed by atoms with Crippen LogP contribution in [-0.4, -0.2) is 29.0 Å². The van der Waals surface area contributed by atoms with Crippen molar-refractivity contribution in [2.75, 3.05) is 13.1 Å². The van der Waals surface area contributed by atoms with Gasteiger partial charge < -0.3 is 0 Å². The molecule has 0 bridgehead atoms. The van der Waals surface area contributed by atoms with E-state index in [0.29, 0.717) is 12.1 Å². The first-order chi connectivity index (χ1) is 12.6. The first-order valence-electron chi connectivity index (χ1n) is 9.07. The van der Waals surface area contributed by atoms with Gasteiger partial charge in [0.05, 0.1) is 6.04 Å². The Morgan fingerprint density at radius 2 is 2.04 bits per heavy atom. The molecule has 1 saturated carbocycles. The summed E-state index contributed by atoms with van der Waals surface area (Å²) in [6.45, 7) is 1.41. The zero-order valence-electron chi connectivity index (χ0n) is 14.5. The Morgan fingerprint density at radius 3 is 2.73 bits per heavy atom. The molecule has 26 heavy (non-hydrogen) atoms. The molecule has 4 rings (SSSR count). The molecule has 0 amide bonds. The van der Waals surface area contributed by atoms with Crippen LogP contribution < -0.4 is 0 Å². The second-order valence-electron chi connectivity index (χ2n) is 7.11. The molecule has 136 valence electrons. The maximum Gasteiger partial charge on any atom is 0.157 e. The second kappa shape index (κ2) is 7.67. The van der Waals surface area contributed by atoms with Gasteiger partial charge in [-0.25, -0.2) is 4.39 Å². The molecule has 2 aromatic rings. The van der Waals surface area contributed by atoms with Crippen LogP contribution in [0.5, 0.6) is 0 Å². The summed E-state index contributed by atoms with van der Waals surface area (Å²) in [5.74, 6) is -0.0236. The number of benzene rings is 1. The number of ketones is 1. The first kappa shape index (κ1) is 18.0. The summed E-state index contributed by atoms with van der Waals surface area (Å²) in [5, 5.41) is 2.24. The van der Waals surface area contributed by atoms with Crippen LogP contribution in [0.4, 0.5) is 4.39 Å². The zero-order valence-corrected chi connectivity index (χ0v) is 16.2. The lowest BCUT2D eigenvalue weighted by Crippen LogP contribution is -2.42. The van der Waals surface area contributed by atoms with Crippen molar-refractivity contribution in [3.8, 4) is 0 Å². The topological polar surface area (TPSA) is 20.3 Å².